The summed E-state index contributed by atoms with van der Waals surface area (Å²) in [4.78, 5) is 0. The summed E-state index contributed by atoms with van der Waals surface area (Å²) in [6, 6.07) is 0. The lowest BCUT2D eigenvalue weighted by Gasteiger charge is -2.19. The zero-order chi connectivity index (χ0) is 6.69. The van der Waals surface area contributed by atoms with Crippen LogP contribution in [0.25, 0.3) is 0 Å². The lowest BCUT2D eigenvalue weighted by molar-refractivity contribution is 0.300. The largest absolute Gasteiger partial charge is 0.410 e. The number of hydrazine groups is 1. The molecule has 1 heterocycles. The normalized spacial score (nSPS) is 15.0. The maximum Gasteiger partial charge on any atom is 0.0178 e. The maximum absolute atomic E-state index is 4.69. The average molecular weight is 252 g/mol. The Morgan fingerprint density at radius 2 is 1.67 bits per heavy atom. The van der Waals surface area contributed by atoms with Gasteiger partial charge in [-0.3, -0.25) is 0 Å². The smallest absolute Gasteiger partial charge is 0.0178 e. The number of halogens is 2. The Bertz CT molecular complexity index is 119. The van der Waals surface area contributed by atoms with E-state index in [-0.39, 0.29) is 31.0 Å². The average Bonchev–Trinajstić information content (AvgIpc) is 2.15. The van der Waals surface area contributed by atoms with E-state index < -0.39 is 0 Å². The van der Waals surface area contributed by atoms with E-state index in [1.807, 2.05) is 0 Å². The van der Waals surface area contributed by atoms with Gasteiger partial charge >= 0.3 is 0 Å². The summed E-state index contributed by atoms with van der Waals surface area (Å²) in [6.45, 7) is 2.16. The van der Waals surface area contributed by atoms with Gasteiger partial charge in [0.05, 0.1) is 0 Å². The third-order valence-corrected chi connectivity index (χ3v) is 1.54. The van der Waals surface area contributed by atoms with Crippen LogP contribution in [0.5, 0.6) is 0 Å². The van der Waals surface area contributed by atoms with Gasteiger partial charge in [-0.05, 0) is 17.2 Å². The second-order valence-electron chi connectivity index (χ2n) is 2.09. The summed E-state index contributed by atoms with van der Waals surface area (Å²) in [7, 11) is 0. The first kappa shape index (κ1) is 18.4. The zero-order valence-corrected chi connectivity index (χ0v) is 10.2. The first-order chi connectivity index (χ1) is 4.29. The summed E-state index contributed by atoms with van der Waals surface area (Å²) in [5.74, 6) is 0. The van der Waals surface area contributed by atoms with Crippen molar-refractivity contribution in [1.29, 1.82) is 0 Å². The molecule has 0 unspecified atom stereocenters. The molecule has 0 aromatic carbocycles. The molecule has 1 rings (SSSR count). The van der Waals surface area contributed by atoms with Crippen LogP contribution < -0.4 is 11.6 Å². The Labute approximate surface area is 96.4 Å². The summed E-state index contributed by atoms with van der Waals surface area (Å²) in [5, 5.41) is 2.06. The Kier molecular flexibility index (Phi) is 14.9. The van der Waals surface area contributed by atoms with Crippen LogP contribution in [0.15, 0.2) is 0 Å². The minimum absolute atomic E-state index is 0. The van der Waals surface area contributed by atoms with Gasteiger partial charge < -0.3 is 36.4 Å². The predicted octanol–water partition coefficient (Wildman–Crippen LogP) is 1.64. The molecule has 0 aliphatic carbocycles. The van der Waals surface area contributed by atoms with Gasteiger partial charge in [0, 0.05) is 13.1 Å². The molecular formula is C5H15Cl2N3S2. The van der Waals surface area contributed by atoms with Gasteiger partial charge in [-0.1, -0.05) is 0 Å². The molecule has 7 heteroatoms. The summed E-state index contributed by atoms with van der Waals surface area (Å²) < 4.78 is 0.455. The first-order valence-corrected chi connectivity index (χ1v) is 3.83. The van der Waals surface area contributed by atoms with E-state index in [9.17, 15) is 0 Å². The SMILES string of the molecule is Cl.Cl.S=C([S-])NN1CCCC1.[NH4+]. The van der Waals surface area contributed by atoms with Crippen LogP contribution in [0, 0.1) is 0 Å². The zero-order valence-electron chi connectivity index (χ0n) is 6.91. The van der Waals surface area contributed by atoms with E-state index in [4.69, 9.17) is 24.8 Å². The van der Waals surface area contributed by atoms with Crippen molar-refractivity contribution in [1.82, 2.24) is 16.6 Å². The summed E-state index contributed by atoms with van der Waals surface area (Å²) in [6.07, 6.45) is 2.51. The molecule has 1 aliphatic heterocycles. The fourth-order valence-corrected chi connectivity index (χ4v) is 1.22. The van der Waals surface area contributed by atoms with E-state index in [0.717, 1.165) is 13.1 Å². The number of quaternary nitrogens is 1. The molecule has 0 amide bonds. The van der Waals surface area contributed by atoms with Gasteiger partial charge in [-0.15, -0.1) is 24.8 Å². The molecule has 0 radical (unpaired) electrons. The van der Waals surface area contributed by atoms with Gasteiger partial charge in [0.25, 0.3) is 0 Å². The minimum Gasteiger partial charge on any atom is -0.410 e. The van der Waals surface area contributed by atoms with Crippen LogP contribution in [-0.4, -0.2) is 22.4 Å². The number of thiocarbonyl (C=S) groups is 1. The second kappa shape index (κ2) is 9.70. The molecule has 0 bridgehead atoms. The minimum atomic E-state index is 0. The molecule has 5 N–H and O–H groups in total. The Hall–Kier alpha value is 0.610. The number of nitrogens with zero attached hydrogens (tertiary/aromatic N) is 1. The molecule has 0 saturated carbocycles. The highest BCUT2D eigenvalue weighted by molar-refractivity contribution is 8.00. The monoisotopic (exact) mass is 251 g/mol. The van der Waals surface area contributed by atoms with Crippen molar-refractivity contribution in [3.8, 4) is 0 Å². The molecular weight excluding hydrogens is 237 g/mol. The highest BCUT2D eigenvalue weighted by Crippen LogP contribution is 2.02. The quantitative estimate of drug-likeness (QED) is 0.550. The van der Waals surface area contributed by atoms with Crippen molar-refractivity contribution in [2.75, 3.05) is 13.1 Å². The lowest BCUT2D eigenvalue weighted by Crippen LogP contribution is -2.37. The Morgan fingerprint density at radius 1 is 1.25 bits per heavy atom. The standard InChI is InChI=1S/C5H10N2S2.2ClH.H3N/c8-5(9)6-7-3-1-2-4-7;;;/h1-4H2,(H2,6,8,9);2*1H;1H3. The van der Waals surface area contributed by atoms with Gasteiger partial charge in [0.15, 0.2) is 0 Å². The molecule has 1 saturated heterocycles. The van der Waals surface area contributed by atoms with E-state index >= 15 is 0 Å². The van der Waals surface area contributed by atoms with E-state index in [0.29, 0.717) is 4.32 Å². The van der Waals surface area contributed by atoms with Crippen LogP contribution in [0.1, 0.15) is 12.8 Å². The van der Waals surface area contributed by atoms with Crippen molar-refractivity contribution in [3.63, 3.8) is 0 Å². The second-order valence-corrected chi connectivity index (χ2v) is 3.17. The van der Waals surface area contributed by atoms with Crippen molar-refractivity contribution in [2.45, 2.75) is 12.8 Å². The fourth-order valence-electron chi connectivity index (χ4n) is 0.958. The summed E-state index contributed by atoms with van der Waals surface area (Å²) >= 11 is 9.39. The van der Waals surface area contributed by atoms with Crippen LogP contribution in [0.3, 0.4) is 0 Å². The van der Waals surface area contributed by atoms with Crippen molar-refractivity contribution < 1.29 is 0 Å². The molecule has 1 aliphatic rings. The van der Waals surface area contributed by atoms with Crippen molar-refractivity contribution in [3.05, 3.63) is 0 Å². The number of hydrogen-bond donors (Lipinski definition) is 2. The van der Waals surface area contributed by atoms with E-state index in [1.165, 1.54) is 12.8 Å². The first-order valence-electron chi connectivity index (χ1n) is 3.01. The number of hydrogen-bond acceptors (Lipinski definition) is 3. The maximum atomic E-state index is 4.69. The van der Waals surface area contributed by atoms with E-state index in [2.05, 4.69) is 10.4 Å². The molecule has 0 aromatic heterocycles. The predicted molar refractivity (Wildman–Crippen MR) is 64.4 cm³/mol. The lowest BCUT2D eigenvalue weighted by atomic mass is 10.4. The van der Waals surface area contributed by atoms with E-state index in [1.54, 1.807) is 0 Å². The summed E-state index contributed by atoms with van der Waals surface area (Å²) in [5.41, 5.74) is 2.92. The molecule has 0 atom stereocenters. The topological polar surface area (TPSA) is 51.8 Å². The third-order valence-electron chi connectivity index (χ3n) is 1.36. The van der Waals surface area contributed by atoms with Crippen LogP contribution in [0.4, 0.5) is 0 Å². The highest BCUT2D eigenvalue weighted by atomic mass is 35.5. The number of nitrogens with one attached hydrogen (secondary N) is 1. The van der Waals surface area contributed by atoms with Crippen LogP contribution in [-0.2, 0) is 12.6 Å². The molecule has 0 aromatic rings. The Morgan fingerprint density at radius 3 is 2.00 bits per heavy atom. The molecule has 76 valence electrons. The molecule has 12 heavy (non-hydrogen) atoms. The molecule has 3 nitrogen and oxygen atoms in total. The van der Waals surface area contributed by atoms with Gasteiger partial charge in [-0.25, -0.2) is 5.01 Å². The van der Waals surface area contributed by atoms with Crippen molar-refractivity contribution in [2.24, 2.45) is 0 Å². The van der Waals surface area contributed by atoms with Gasteiger partial charge in [-0.2, -0.15) is 0 Å². The van der Waals surface area contributed by atoms with Crippen LogP contribution >= 0.6 is 37.0 Å². The molecule has 0 spiro atoms. The molecule has 1 fully saturated rings. The Balaban J connectivity index is -0.000000270. The fraction of sp³-hybridized carbons (Fsp3) is 0.800. The third kappa shape index (κ3) is 7.27. The van der Waals surface area contributed by atoms with Crippen molar-refractivity contribution >= 4 is 54.0 Å². The van der Waals surface area contributed by atoms with Gasteiger partial charge in [0.1, 0.15) is 0 Å². The van der Waals surface area contributed by atoms with Crippen LogP contribution in [0.2, 0.25) is 0 Å². The highest BCUT2D eigenvalue weighted by Gasteiger charge is 2.08. The van der Waals surface area contributed by atoms with Gasteiger partial charge in [0.2, 0.25) is 0 Å². The number of rotatable bonds is 1.